The molecular formula is C21H20O3. The maximum Gasteiger partial charge on any atom is 0.317 e. The van der Waals surface area contributed by atoms with Gasteiger partial charge in [-0.1, -0.05) is 60.7 Å². The van der Waals surface area contributed by atoms with Crippen LogP contribution in [0.25, 0.3) is 5.57 Å². The van der Waals surface area contributed by atoms with Crippen LogP contribution in [0.3, 0.4) is 0 Å². The molecule has 0 unspecified atom stereocenters. The monoisotopic (exact) mass is 320 g/mol. The Morgan fingerprint density at radius 1 is 1.00 bits per heavy atom. The van der Waals surface area contributed by atoms with Gasteiger partial charge in [-0.25, -0.2) is 0 Å². The lowest BCUT2D eigenvalue weighted by molar-refractivity contribution is -0.150. The molecule has 0 amide bonds. The van der Waals surface area contributed by atoms with Crippen LogP contribution in [-0.4, -0.2) is 18.4 Å². The molecular weight excluding hydrogens is 300 g/mol. The molecule has 0 spiro atoms. The summed E-state index contributed by atoms with van der Waals surface area (Å²) in [6.07, 6.45) is 0. The molecule has 0 saturated heterocycles. The first-order valence-electron chi connectivity index (χ1n) is 8.17. The Hall–Kier alpha value is -2.68. The van der Waals surface area contributed by atoms with Gasteiger partial charge in [-0.3, -0.25) is 9.59 Å². The normalized spacial score (nSPS) is 20.3. The van der Waals surface area contributed by atoms with E-state index in [0.29, 0.717) is 5.57 Å². The summed E-state index contributed by atoms with van der Waals surface area (Å²) in [4.78, 5) is 25.3. The van der Waals surface area contributed by atoms with Gasteiger partial charge in [0, 0.05) is 5.92 Å². The fourth-order valence-electron chi connectivity index (χ4n) is 3.43. The van der Waals surface area contributed by atoms with Crippen LogP contribution in [0.4, 0.5) is 0 Å². The summed E-state index contributed by atoms with van der Waals surface area (Å²) >= 11 is 0. The van der Waals surface area contributed by atoms with Gasteiger partial charge in [-0.05, 0) is 36.1 Å². The molecule has 2 atom stereocenters. The molecule has 0 aromatic heterocycles. The molecule has 0 heterocycles. The van der Waals surface area contributed by atoms with E-state index in [2.05, 4.69) is 0 Å². The van der Waals surface area contributed by atoms with Crippen molar-refractivity contribution in [3.63, 3.8) is 0 Å². The summed E-state index contributed by atoms with van der Waals surface area (Å²) < 4.78 is 5.19. The Balaban J connectivity index is 2.15. The highest BCUT2D eigenvalue weighted by Gasteiger charge is 2.46. The average molecular weight is 320 g/mol. The second kappa shape index (κ2) is 6.83. The SMILES string of the molecule is CCOC(=O)[C@@H]1C(=O)C(C)=C(c2ccccc2)[C@H]1c1ccccc1. The number of rotatable bonds is 4. The van der Waals surface area contributed by atoms with Crippen LogP contribution in [0.5, 0.6) is 0 Å². The number of carbonyl (C=O) groups excluding carboxylic acids is 2. The van der Waals surface area contributed by atoms with E-state index in [1.165, 1.54) is 0 Å². The van der Waals surface area contributed by atoms with Gasteiger partial charge >= 0.3 is 5.97 Å². The molecule has 0 radical (unpaired) electrons. The van der Waals surface area contributed by atoms with E-state index < -0.39 is 11.9 Å². The number of esters is 1. The Morgan fingerprint density at radius 3 is 2.17 bits per heavy atom. The van der Waals surface area contributed by atoms with Gasteiger partial charge in [0.15, 0.2) is 5.78 Å². The lowest BCUT2D eigenvalue weighted by atomic mass is 9.82. The molecule has 1 aliphatic carbocycles. The molecule has 3 nitrogen and oxygen atoms in total. The number of benzene rings is 2. The first kappa shape index (κ1) is 16.2. The van der Waals surface area contributed by atoms with E-state index in [1.807, 2.05) is 60.7 Å². The minimum absolute atomic E-state index is 0.138. The van der Waals surface area contributed by atoms with E-state index in [-0.39, 0.29) is 18.3 Å². The van der Waals surface area contributed by atoms with Gasteiger partial charge in [-0.2, -0.15) is 0 Å². The Kier molecular flexibility index (Phi) is 4.61. The van der Waals surface area contributed by atoms with Crippen LogP contribution >= 0.6 is 0 Å². The zero-order chi connectivity index (χ0) is 17.1. The summed E-state index contributed by atoms with van der Waals surface area (Å²) in [7, 11) is 0. The van der Waals surface area contributed by atoms with Crippen molar-refractivity contribution in [2.45, 2.75) is 19.8 Å². The van der Waals surface area contributed by atoms with Crippen molar-refractivity contribution in [1.82, 2.24) is 0 Å². The van der Waals surface area contributed by atoms with Crippen molar-refractivity contribution in [2.24, 2.45) is 5.92 Å². The fraction of sp³-hybridized carbons (Fsp3) is 0.238. The number of carbonyl (C=O) groups is 2. The highest BCUT2D eigenvalue weighted by atomic mass is 16.5. The zero-order valence-electron chi connectivity index (χ0n) is 13.9. The predicted octanol–water partition coefficient (Wildman–Crippen LogP) is 4.01. The van der Waals surface area contributed by atoms with Gasteiger partial charge in [0.25, 0.3) is 0 Å². The second-order valence-electron chi connectivity index (χ2n) is 5.89. The highest BCUT2D eigenvalue weighted by molar-refractivity contribution is 6.18. The first-order chi connectivity index (χ1) is 11.6. The van der Waals surface area contributed by atoms with E-state index in [9.17, 15) is 9.59 Å². The quantitative estimate of drug-likeness (QED) is 0.631. The first-order valence-corrected chi connectivity index (χ1v) is 8.17. The fourth-order valence-corrected chi connectivity index (χ4v) is 3.43. The van der Waals surface area contributed by atoms with Crippen LogP contribution in [0.15, 0.2) is 66.2 Å². The molecule has 3 heteroatoms. The molecule has 122 valence electrons. The molecule has 3 rings (SSSR count). The Labute approximate surface area is 142 Å². The van der Waals surface area contributed by atoms with Gasteiger partial charge in [0.2, 0.25) is 0 Å². The van der Waals surface area contributed by atoms with E-state index in [0.717, 1.165) is 16.7 Å². The van der Waals surface area contributed by atoms with Crippen LogP contribution in [0.2, 0.25) is 0 Å². The molecule has 2 aromatic rings. The molecule has 0 N–H and O–H groups in total. The molecule has 0 bridgehead atoms. The summed E-state index contributed by atoms with van der Waals surface area (Å²) in [6, 6.07) is 19.5. The molecule has 0 aliphatic heterocycles. The van der Waals surface area contributed by atoms with Crippen molar-refractivity contribution >= 4 is 17.3 Å². The Morgan fingerprint density at radius 2 is 1.58 bits per heavy atom. The predicted molar refractivity (Wildman–Crippen MR) is 93.3 cm³/mol. The molecule has 0 fully saturated rings. The summed E-state index contributed by atoms with van der Waals surface area (Å²) in [5.41, 5.74) is 3.50. The topological polar surface area (TPSA) is 43.4 Å². The maximum atomic E-state index is 12.8. The molecule has 24 heavy (non-hydrogen) atoms. The minimum Gasteiger partial charge on any atom is -0.465 e. The number of Topliss-reactive ketones (excluding diaryl/α,β-unsaturated/α-hetero) is 1. The van der Waals surface area contributed by atoms with E-state index >= 15 is 0 Å². The summed E-state index contributed by atoms with van der Waals surface area (Å²) in [5, 5.41) is 0. The van der Waals surface area contributed by atoms with Gasteiger partial charge in [-0.15, -0.1) is 0 Å². The van der Waals surface area contributed by atoms with Crippen molar-refractivity contribution in [2.75, 3.05) is 6.61 Å². The number of allylic oxidation sites excluding steroid dienone is 2. The lowest BCUT2D eigenvalue weighted by Gasteiger charge is -2.21. The second-order valence-corrected chi connectivity index (χ2v) is 5.89. The molecule has 2 aromatic carbocycles. The number of hydrogen-bond acceptors (Lipinski definition) is 3. The van der Waals surface area contributed by atoms with Crippen LogP contribution in [0.1, 0.15) is 30.9 Å². The third-order valence-corrected chi connectivity index (χ3v) is 4.48. The van der Waals surface area contributed by atoms with E-state index in [1.54, 1.807) is 13.8 Å². The van der Waals surface area contributed by atoms with Crippen LogP contribution in [-0.2, 0) is 14.3 Å². The number of ether oxygens (including phenoxy) is 1. The number of ketones is 1. The standard InChI is InChI=1S/C21H20O3/c1-3-24-21(23)19-18(16-12-8-5-9-13-16)17(14(2)20(19)22)15-10-6-4-7-11-15/h4-13,18-19H,3H2,1-2H3/t18-,19+/m1/s1. The van der Waals surface area contributed by atoms with Gasteiger partial charge < -0.3 is 4.74 Å². The van der Waals surface area contributed by atoms with Crippen molar-refractivity contribution in [3.8, 4) is 0 Å². The average Bonchev–Trinajstić information content (AvgIpc) is 2.88. The van der Waals surface area contributed by atoms with Crippen LogP contribution < -0.4 is 0 Å². The van der Waals surface area contributed by atoms with Crippen LogP contribution in [0, 0.1) is 5.92 Å². The third kappa shape index (κ3) is 2.78. The van der Waals surface area contributed by atoms with Crippen molar-refractivity contribution in [3.05, 3.63) is 77.4 Å². The van der Waals surface area contributed by atoms with E-state index in [4.69, 9.17) is 4.74 Å². The summed E-state index contributed by atoms with van der Waals surface area (Å²) in [6.45, 7) is 3.83. The largest absolute Gasteiger partial charge is 0.465 e. The summed E-state index contributed by atoms with van der Waals surface area (Å²) in [5.74, 6) is -1.69. The minimum atomic E-state index is -0.803. The zero-order valence-corrected chi connectivity index (χ0v) is 13.9. The number of hydrogen-bond donors (Lipinski definition) is 0. The van der Waals surface area contributed by atoms with Crippen molar-refractivity contribution in [1.29, 1.82) is 0 Å². The molecule has 1 aliphatic rings. The third-order valence-electron chi connectivity index (χ3n) is 4.48. The Bertz CT molecular complexity index is 775. The molecule has 0 saturated carbocycles. The maximum absolute atomic E-state index is 12.8. The lowest BCUT2D eigenvalue weighted by Crippen LogP contribution is -2.28. The van der Waals surface area contributed by atoms with Gasteiger partial charge in [0.1, 0.15) is 5.92 Å². The van der Waals surface area contributed by atoms with Crippen molar-refractivity contribution < 1.29 is 14.3 Å². The smallest absolute Gasteiger partial charge is 0.317 e. The van der Waals surface area contributed by atoms with Gasteiger partial charge in [0.05, 0.1) is 6.61 Å². The highest BCUT2D eigenvalue weighted by Crippen LogP contribution is 2.47.